The topological polar surface area (TPSA) is 29.1 Å². The molecule has 1 N–H and O–H groups in total. The summed E-state index contributed by atoms with van der Waals surface area (Å²) in [5.41, 5.74) is 0.124. The van der Waals surface area contributed by atoms with Crippen LogP contribution in [0.1, 0.15) is 71.6 Å². The summed E-state index contributed by atoms with van der Waals surface area (Å²) in [6.45, 7) is 4.62. The quantitative estimate of drug-likeness (QED) is 0.834. The van der Waals surface area contributed by atoms with E-state index in [0.717, 1.165) is 31.1 Å². The van der Waals surface area contributed by atoms with E-state index in [4.69, 9.17) is 0 Å². The molecule has 2 fully saturated rings. The molecular formula is C17H31NO. The van der Waals surface area contributed by atoms with Crippen LogP contribution in [0.5, 0.6) is 0 Å². The first-order valence-electron chi connectivity index (χ1n) is 8.26. The van der Waals surface area contributed by atoms with Crippen LogP contribution in [0.4, 0.5) is 0 Å². The van der Waals surface area contributed by atoms with Gasteiger partial charge < -0.3 is 5.32 Å². The highest BCUT2D eigenvalue weighted by molar-refractivity contribution is 5.82. The molecule has 19 heavy (non-hydrogen) atoms. The van der Waals surface area contributed by atoms with Crippen molar-refractivity contribution in [3.63, 3.8) is 0 Å². The second kappa shape index (κ2) is 6.39. The van der Waals surface area contributed by atoms with Crippen LogP contribution in [-0.4, -0.2) is 18.4 Å². The number of carbonyl (C=O) groups is 1. The van der Waals surface area contributed by atoms with E-state index >= 15 is 0 Å². The first-order chi connectivity index (χ1) is 9.04. The van der Waals surface area contributed by atoms with Crippen molar-refractivity contribution in [2.45, 2.75) is 77.2 Å². The zero-order valence-corrected chi connectivity index (χ0v) is 13.0. The molecule has 0 aliphatic heterocycles. The van der Waals surface area contributed by atoms with Gasteiger partial charge in [-0.2, -0.15) is 0 Å². The Labute approximate surface area is 118 Å². The molecule has 0 heterocycles. The molecule has 0 radical (unpaired) electrons. The molecule has 2 saturated carbocycles. The van der Waals surface area contributed by atoms with Crippen molar-refractivity contribution in [2.24, 2.45) is 17.8 Å². The lowest BCUT2D eigenvalue weighted by atomic mass is 9.71. The average molecular weight is 265 g/mol. The van der Waals surface area contributed by atoms with Gasteiger partial charge in [0, 0.05) is 17.9 Å². The molecule has 2 rings (SSSR count). The van der Waals surface area contributed by atoms with Gasteiger partial charge >= 0.3 is 0 Å². The molecule has 0 aromatic carbocycles. The first-order valence-corrected chi connectivity index (χ1v) is 8.26. The van der Waals surface area contributed by atoms with E-state index in [1.807, 2.05) is 7.05 Å². The van der Waals surface area contributed by atoms with Crippen molar-refractivity contribution in [3.8, 4) is 0 Å². The van der Waals surface area contributed by atoms with Crippen LogP contribution in [0, 0.1) is 17.8 Å². The lowest BCUT2D eigenvalue weighted by Gasteiger charge is -2.39. The Balaban J connectivity index is 1.95. The van der Waals surface area contributed by atoms with Crippen LogP contribution in [0.25, 0.3) is 0 Å². The van der Waals surface area contributed by atoms with Crippen LogP contribution in [0.15, 0.2) is 0 Å². The molecule has 0 saturated heterocycles. The van der Waals surface area contributed by atoms with Crippen molar-refractivity contribution in [1.29, 1.82) is 0 Å². The monoisotopic (exact) mass is 265 g/mol. The van der Waals surface area contributed by atoms with Gasteiger partial charge in [0.05, 0.1) is 0 Å². The minimum Gasteiger partial charge on any atom is -0.314 e. The smallest absolute Gasteiger partial charge is 0.137 e. The second-order valence-electron chi connectivity index (χ2n) is 7.35. The summed E-state index contributed by atoms with van der Waals surface area (Å²) >= 11 is 0. The predicted molar refractivity (Wildman–Crippen MR) is 80.2 cm³/mol. The van der Waals surface area contributed by atoms with Crippen molar-refractivity contribution in [2.75, 3.05) is 7.05 Å². The van der Waals surface area contributed by atoms with Gasteiger partial charge in [-0.3, -0.25) is 4.79 Å². The third-order valence-corrected chi connectivity index (χ3v) is 5.49. The van der Waals surface area contributed by atoms with E-state index in [1.54, 1.807) is 0 Å². The molecule has 2 unspecified atom stereocenters. The molecule has 2 atom stereocenters. The summed E-state index contributed by atoms with van der Waals surface area (Å²) in [6, 6.07) is 0. The molecule has 0 amide bonds. The third kappa shape index (κ3) is 3.81. The molecule has 0 bridgehead atoms. The Morgan fingerprint density at radius 3 is 2.16 bits per heavy atom. The van der Waals surface area contributed by atoms with Crippen molar-refractivity contribution < 1.29 is 4.79 Å². The average Bonchev–Trinajstić information content (AvgIpc) is 2.38. The Morgan fingerprint density at radius 2 is 1.63 bits per heavy atom. The third-order valence-electron chi connectivity index (χ3n) is 5.49. The first kappa shape index (κ1) is 15.0. The standard InChI is InChI=1S/C17H31NO/c1-13-9-14(2)11-15(10-13)16(19)12-17(18-3)7-5-4-6-8-17/h13-15,18H,4-12H2,1-3H3. The molecule has 0 aromatic rings. The summed E-state index contributed by atoms with van der Waals surface area (Å²) < 4.78 is 0. The molecule has 110 valence electrons. The maximum Gasteiger partial charge on any atom is 0.137 e. The van der Waals surface area contributed by atoms with Crippen LogP contribution >= 0.6 is 0 Å². The summed E-state index contributed by atoms with van der Waals surface area (Å²) in [4.78, 5) is 12.7. The number of hydrogen-bond acceptors (Lipinski definition) is 2. The van der Waals surface area contributed by atoms with Crippen LogP contribution in [0.3, 0.4) is 0 Å². The van der Waals surface area contributed by atoms with Crippen LogP contribution in [-0.2, 0) is 4.79 Å². The van der Waals surface area contributed by atoms with Gasteiger partial charge in [0.1, 0.15) is 5.78 Å². The predicted octanol–water partition coefficient (Wildman–Crippen LogP) is 3.94. The van der Waals surface area contributed by atoms with Gasteiger partial charge in [-0.15, -0.1) is 0 Å². The van der Waals surface area contributed by atoms with Gasteiger partial charge in [-0.05, 0) is 51.0 Å². The van der Waals surface area contributed by atoms with E-state index < -0.39 is 0 Å². The Morgan fingerprint density at radius 1 is 1.05 bits per heavy atom. The zero-order valence-electron chi connectivity index (χ0n) is 13.0. The van der Waals surface area contributed by atoms with Crippen molar-refractivity contribution in [3.05, 3.63) is 0 Å². The van der Waals surface area contributed by atoms with Gasteiger partial charge in [-0.1, -0.05) is 33.1 Å². The van der Waals surface area contributed by atoms with E-state index in [-0.39, 0.29) is 5.54 Å². The fourth-order valence-electron chi connectivity index (χ4n) is 4.43. The number of Topliss-reactive ketones (excluding diaryl/α,β-unsaturated/α-hetero) is 1. The summed E-state index contributed by atoms with van der Waals surface area (Å²) in [6.07, 6.45) is 10.6. The van der Waals surface area contributed by atoms with E-state index in [1.165, 1.54) is 38.5 Å². The van der Waals surface area contributed by atoms with Gasteiger partial charge in [0.15, 0.2) is 0 Å². The van der Waals surface area contributed by atoms with Crippen LogP contribution < -0.4 is 5.32 Å². The molecular weight excluding hydrogens is 234 g/mol. The molecule has 2 heteroatoms. The summed E-state index contributed by atoms with van der Waals surface area (Å²) in [7, 11) is 2.05. The van der Waals surface area contributed by atoms with Crippen molar-refractivity contribution >= 4 is 5.78 Å². The zero-order chi connectivity index (χ0) is 13.9. The summed E-state index contributed by atoms with van der Waals surface area (Å²) in [5.74, 6) is 2.34. The number of hydrogen-bond donors (Lipinski definition) is 1. The Hall–Kier alpha value is -0.370. The molecule has 2 aliphatic rings. The summed E-state index contributed by atoms with van der Waals surface area (Å²) in [5, 5.41) is 3.49. The minimum absolute atomic E-state index is 0.124. The fraction of sp³-hybridized carbons (Fsp3) is 0.941. The normalized spacial score (nSPS) is 35.0. The number of carbonyl (C=O) groups excluding carboxylic acids is 1. The van der Waals surface area contributed by atoms with Crippen molar-refractivity contribution in [1.82, 2.24) is 5.32 Å². The molecule has 2 nitrogen and oxygen atoms in total. The fourth-order valence-corrected chi connectivity index (χ4v) is 4.43. The second-order valence-corrected chi connectivity index (χ2v) is 7.35. The SMILES string of the molecule is CNC1(CC(=O)C2CC(C)CC(C)C2)CCCCC1. The molecule has 0 aromatic heterocycles. The largest absolute Gasteiger partial charge is 0.314 e. The molecule has 2 aliphatic carbocycles. The van der Waals surface area contributed by atoms with Gasteiger partial charge in [-0.25, -0.2) is 0 Å². The van der Waals surface area contributed by atoms with Crippen LogP contribution in [0.2, 0.25) is 0 Å². The Bertz CT molecular complexity index is 296. The van der Waals surface area contributed by atoms with E-state index in [2.05, 4.69) is 19.2 Å². The number of ketones is 1. The minimum atomic E-state index is 0.124. The maximum atomic E-state index is 12.7. The Kier molecular flexibility index (Phi) is 5.05. The van der Waals surface area contributed by atoms with Gasteiger partial charge in [0.25, 0.3) is 0 Å². The van der Waals surface area contributed by atoms with Gasteiger partial charge in [0.2, 0.25) is 0 Å². The number of rotatable bonds is 4. The number of nitrogens with one attached hydrogen (secondary N) is 1. The lowest BCUT2D eigenvalue weighted by Crippen LogP contribution is -2.47. The van der Waals surface area contributed by atoms with E-state index in [9.17, 15) is 4.79 Å². The lowest BCUT2D eigenvalue weighted by molar-refractivity contribution is -0.126. The maximum absolute atomic E-state index is 12.7. The highest BCUT2D eigenvalue weighted by Crippen LogP contribution is 2.37. The highest BCUT2D eigenvalue weighted by Gasteiger charge is 2.36. The highest BCUT2D eigenvalue weighted by atomic mass is 16.1. The molecule has 0 spiro atoms. The van der Waals surface area contributed by atoms with E-state index in [0.29, 0.717) is 11.7 Å².